The van der Waals surface area contributed by atoms with Crippen LogP contribution in [0.3, 0.4) is 0 Å². The van der Waals surface area contributed by atoms with E-state index < -0.39 is 11.9 Å². The molecule has 2 aromatic rings. The zero-order chi connectivity index (χ0) is 15.4. The standard InChI is InChI=1S/C16H14O5/c1-20-14-5-3-4-10(9-14)11-6-12(15(17)18)8-13(7-11)16(19)21-2/h3-9H,1-2H3,(H,17,18). The summed E-state index contributed by atoms with van der Waals surface area (Å²) in [5, 5.41) is 9.16. The van der Waals surface area contributed by atoms with Gasteiger partial charge in [0.2, 0.25) is 0 Å². The molecule has 1 N–H and O–H groups in total. The quantitative estimate of drug-likeness (QED) is 0.875. The summed E-state index contributed by atoms with van der Waals surface area (Å²) < 4.78 is 9.80. The second kappa shape index (κ2) is 6.09. The van der Waals surface area contributed by atoms with Crippen LogP contribution in [-0.2, 0) is 4.74 Å². The molecule has 0 fully saturated rings. The minimum absolute atomic E-state index is 0.0238. The van der Waals surface area contributed by atoms with E-state index in [1.807, 2.05) is 6.07 Å². The number of aromatic carboxylic acids is 1. The third-order valence-corrected chi connectivity index (χ3v) is 3.00. The number of ether oxygens (including phenoxy) is 2. The second-order valence-electron chi connectivity index (χ2n) is 4.33. The van der Waals surface area contributed by atoms with Crippen molar-refractivity contribution < 1.29 is 24.2 Å². The van der Waals surface area contributed by atoms with Crippen LogP contribution in [0.15, 0.2) is 42.5 Å². The number of carboxylic acids is 1. The number of hydrogen-bond acceptors (Lipinski definition) is 4. The molecule has 21 heavy (non-hydrogen) atoms. The molecule has 0 bridgehead atoms. The monoisotopic (exact) mass is 286 g/mol. The number of carboxylic acid groups (broad SMARTS) is 1. The van der Waals surface area contributed by atoms with Gasteiger partial charge < -0.3 is 14.6 Å². The number of carbonyl (C=O) groups excluding carboxylic acids is 1. The molecule has 2 rings (SSSR count). The largest absolute Gasteiger partial charge is 0.497 e. The molecule has 5 nitrogen and oxygen atoms in total. The highest BCUT2D eigenvalue weighted by molar-refractivity contribution is 5.96. The van der Waals surface area contributed by atoms with Gasteiger partial charge in [0, 0.05) is 0 Å². The zero-order valence-electron chi connectivity index (χ0n) is 11.6. The molecule has 108 valence electrons. The van der Waals surface area contributed by atoms with Gasteiger partial charge in [0.05, 0.1) is 25.3 Å². The van der Waals surface area contributed by atoms with Gasteiger partial charge in [-0.15, -0.1) is 0 Å². The summed E-state index contributed by atoms with van der Waals surface area (Å²) in [7, 11) is 2.80. The summed E-state index contributed by atoms with van der Waals surface area (Å²) in [5.74, 6) is -1.04. The summed E-state index contributed by atoms with van der Waals surface area (Å²) in [6.45, 7) is 0. The van der Waals surface area contributed by atoms with E-state index in [2.05, 4.69) is 4.74 Å². The molecule has 0 amide bonds. The van der Waals surface area contributed by atoms with Crippen molar-refractivity contribution >= 4 is 11.9 Å². The Hall–Kier alpha value is -2.82. The van der Waals surface area contributed by atoms with E-state index in [4.69, 9.17) is 9.84 Å². The fraction of sp³-hybridized carbons (Fsp3) is 0.125. The van der Waals surface area contributed by atoms with Crippen LogP contribution >= 0.6 is 0 Å². The van der Waals surface area contributed by atoms with Crippen molar-refractivity contribution in [3.05, 3.63) is 53.6 Å². The Bertz CT molecular complexity index is 691. The highest BCUT2D eigenvalue weighted by atomic mass is 16.5. The summed E-state index contributed by atoms with van der Waals surface area (Å²) in [5.41, 5.74) is 1.57. The summed E-state index contributed by atoms with van der Waals surface area (Å²) in [6, 6.07) is 11.5. The molecule has 0 aliphatic heterocycles. The van der Waals surface area contributed by atoms with Gasteiger partial charge in [0.1, 0.15) is 5.75 Å². The molecule has 0 radical (unpaired) electrons. The number of methoxy groups -OCH3 is 2. The van der Waals surface area contributed by atoms with Crippen LogP contribution in [0.1, 0.15) is 20.7 Å². The fourth-order valence-corrected chi connectivity index (χ4v) is 1.96. The first-order valence-corrected chi connectivity index (χ1v) is 6.16. The molecule has 0 atom stereocenters. The van der Waals surface area contributed by atoms with Crippen LogP contribution in [0, 0.1) is 0 Å². The summed E-state index contributed by atoms with van der Waals surface area (Å²) in [6.07, 6.45) is 0. The van der Waals surface area contributed by atoms with Crippen LogP contribution in [0.4, 0.5) is 0 Å². The molecule has 0 saturated heterocycles. The third kappa shape index (κ3) is 3.20. The number of carbonyl (C=O) groups is 2. The molecule has 0 spiro atoms. The van der Waals surface area contributed by atoms with Gasteiger partial charge in [-0.3, -0.25) is 0 Å². The maximum absolute atomic E-state index is 11.7. The van der Waals surface area contributed by atoms with Gasteiger partial charge in [-0.2, -0.15) is 0 Å². The van der Waals surface area contributed by atoms with Gasteiger partial charge in [-0.25, -0.2) is 9.59 Å². The van der Waals surface area contributed by atoms with Crippen molar-refractivity contribution in [3.8, 4) is 16.9 Å². The first-order chi connectivity index (χ1) is 10.0. The van der Waals surface area contributed by atoms with Gasteiger partial charge in [0.15, 0.2) is 0 Å². The predicted molar refractivity (Wildman–Crippen MR) is 76.7 cm³/mol. The Labute approximate surface area is 121 Å². The van der Waals surface area contributed by atoms with Crippen LogP contribution in [0.2, 0.25) is 0 Å². The second-order valence-corrected chi connectivity index (χ2v) is 4.33. The first-order valence-electron chi connectivity index (χ1n) is 6.16. The van der Waals surface area contributed by atoms with Crippen molar-refractivity contribution in [2.75, 3.05) is 14.2 Å². The molecule has 0 unspecified atom stereocenters. The number of benzene rings is 2. The Morgan fingerprint density at radius 2 is 1.67 bits per heavy atom. The lowest BCUT2D eigenvalue weighted by atomic mass is 9.99. The minimum Gasteiger partial charge on any atom is -0.497 e. The van der Waals surface area contributed by atoms with Crippen molar-refractivity contribution in [2.24, 2.45) is 0 Å². The van der Waals surface area contributed by atoms with Gasteiger partial charge >= 0.3 is 11.9 Å². The lowest BCUT2D eigenvalue weighted by Gasteiger charge is -2.08. The van der Waals surface area contributed by atoms with E-state index in [-0.39, 0.29) is 11.1 Å². The molecule has 0 saturated carbocycles. The van der Waals surface area contributed by atoms with Gasteiger partial charge in [-0.1, -0.05) is 12.1 Å². The van der Waals surface area contributed by atoms with Crippen molar-refractivity contribution in [2.45, 2.75) is 0 Å². The smallest absolute Gasteiger partial charge is 0.337 e. The van der Waals surface area contributed by atoms with E-state index in [1.165, 1.54) is 19.2 Å². The van der Waals surface area contributed by atoms with Gasteiger partial charge in [0.25, 0.3) is 0 Å². The van der Waals surface area contributed by atoms with E-state index in [0.717, 1.165) is 5.56 Å². The highest BCUT2D eigenvalue weighted by Gasteiger charge is 2.13. The van der Waals surface area contributed by atoms with Crippen LogP contribution in [-0.4, -0.2) is 31.3 Å². The van der Waals surface area contributed by atoms with E-state index in [9.17, 15) is 9.59 Å². The average molecular weight is 286 g/mol. The lowest BCUT2D eigenvalue weighted by molar-refractivity contribution is 0.0601. The Kier molecular flexibility index (Phi) is 4.23. The number of hydrogen-bond donors (Lipinski definition) is 1. The van der Waals surface area contributed by atoms with Crippen LogP contribution < -0.4 is 4.74 Å². The van der Waals surface area contributed by atoms with Crippen molar-refractivity contribution in [1.29, 1.82) is 0 Å². The fourth-order valence-electron chi connectivity index (χ4n) is 1.96. The van der Waals surface area contributed by atoms with Crippen LogP contribution in [0.25, 0.3) is 11.1 Å². The lowest BCUT2D eigenvalue weighted by Crippen LogP contribution is -2.05. The normalized spacial score (nSPS) is 10.0. The molecule has 2 aromatic carbocycles. The van der Waals surface area contributed by atoms with E-state index in [1.54, 1.807) is 31.4 Å². The maximum Gasteiger partial charge on any atom is 0.337 e. The molecular formula is C16H14O5. The Balaban J connectivity index is 2.58. The third-order valence-electron chi connectivity index (χ3n) is 3.00. The van der Waals surface area contributed by atoms with E-state index in [0.29, 0.717) is 11.3 Å². The van der Waals surface area contributed by atoms with Gasteiger partial charge in [-0.05, 0) is 41.5 Å². The topological polar surface area (TPSA) is 72.8 Å². The average Bonchev–Trinajstić information content (AvgIpc) is 2.53. The number of rotatable bonds is 4. The van der Waals surface area contributed by atoms with Crippen molar-refractivity contribution in [1.82, 2.24) is 0 Å². The first kappa shape index (κ1) is 14.6. The SMILES string of the molecule is COC(=O)c1cc(C(=O)O)cc(-c2cccc(OC)c2)c1. The molecule has 5 heteroatoms. The molecular weight excluding hydrogens is 272 g/mol. The van der Waals surface area contributed by atoms with Crippen molar-refractivity contribution in [3.63, 3.8) is 0 Å². The summed E-state index contributed by atoms with van der Waals surface area (Å²) in [4.78, 5) is 22.8. The minimum atomic E-state index is -1.11. The zero-order valence-corrected chi connectivity index (χ0v) is 11.6. The van der Waals surface area contributed by atoms with E-state index >= 15 is 0 Å². The summed E-state index contributed by atoms with van der Waals surface area (Å²) >= 11 is 0. The Morgan fingerprint density at radius 3 is 2.29 bits per heavy atom. The molecule has 0 aliphatic carbocycles. The van der Waals surface area contributed by atoms with Crippen LogP contribution in [0.5, 0.6) is 5.75 Å². The molecule has 0 aliphatic rings. The predicted octanol–water partition coefficient (Wildman–Crippen LogP) is 2.85. The maximum atomic E-state index is 11.7. The number of esters is 1. The molecule has 0 aromatic heterocycles. The molecule has 0 heterocycles. The highest BCUT2D eigenvalue weighted by Crippen LogP contribution is 2.26. The Morgan fingerprint density at radius 1 is 0.952 bits per heavy atom.